The van der Waals surface area contributed by atoms with Crippen molar-refractivity contribution < 1.29 is 13.6 Å². The van der Waals surface area contributed by atoms with Gasteiger partial charge < -0.3 is 4.79 Å². The molecule has 1 aliphatic carbocycles. The number of aldehydes is 1. The van der Waals surface area contributed by atoms with Gasteiger partial charge >= 0.3 is 0 Å². The highest BCUT2D eigenvalue weighted by Gasteiger charge is 2.23. The van der Waals surface area contributed by atoms with E-state index in [2.05, 4.69) is 0 Å². The normalized spacial score (nSPS) is 20.3. The first-order chi connectivity index (χ1) is 6.72. The summed E-state index contributed by atoms with van der Waals surface area (Å²) in [6.07, 6.45) is 2.89. The quantitative estimate of drug-likeness (QED) is 0.631. The molecule has 0 spiro atoms. The van der Waals surface area contributed by atoms with Crippen molar-refractivity contribution in [1.29, 1.82) is 0 Å². The Balaban J connectivity index is 2.56. The zero-order valence-electron chi connectivity index (χ0n) is 7.59. The summed E-state index contributed by atoms with van der Waals surface area (Å²) in [7, 11) is 0. The Morgan fingerprint density at radius 2 is 2.14 bits per heavy atom. The van der Waals surface area contributed by atoms with Gasteiger partial charge in [0.15, 0.2) is 0 Å². The van der Waals surface area contributed by atoms with Gasteiger partial charge in [0, 0.05) is 17.5 Å². The first-order valence-corrected chi connectivity index (χ1v) is 4.65. The van der Waals surface area contributed by atoms with Crippen LogP contribution in [0.3, 0.4) is 0 Å². The fourth-order valence-electron chi connectivity index (χ4n) is 2.05. The van der Waals surface area contributed by atoms with Crippen LogP contribution in [0.5, 0.6) is 0 Å². The minimum Gasteiger partial charge on any atom is -0.303 e. The fourth-order valence-corrected chi connectivity index (χ4v) is 2.05. The number of fused-ring (bicyclic) bond motifs is 1. The van der Waals surface area contributed by atoms with Crippen molar-refractivity contribution >= 4 is 6.29 Å². The smallest absolute Gasteiger partial charge is 0.130 e. The van der Waals surface area contributed by atoms with Crippen molar-refractivity contribution in [2.24, 2.45) is 0 Å². The predicted octanol–water partition coefficient (Wildman–Crippen LogP) is 2.58. The summed E-state index contributed by atoms with van der Waals surface area (Å²) in [6, 6.07) is 2.18. The van der Waals surface area contributed by atoms with E-state index < -0.39 is 11.6 Å². The highest BCUT2D eigenvalue weighted by molar-refractivity contribution is 5.64. The molecule has 0 amide bonds. The highest BCUT2D eigenvalue weighted by Crippen LogP contribution is 2.32. The number of rotatable bonds is 1. The van der Waals surface area contributed by atoms with Crippen molar-refractivity contribution in [3.63, 3.8) is 0 Å². The lowest BCUT2D eigenvalue weighted by Gasteiger charge is -2.21. The van der Waals surface area contributed by atoms with Crippen LogP contribution in [0.1, 0.15) is 29.9 Å². The van der Waals surface area contributed by atoms with Crippen molar-refractivity contribution in [2.45, 2.75) is 25.2 Å². The molecule has 0 saturated carbocycles. The molecule has 1 aromatic carbocycles. The largest absolute Gasteiger partial charge is 0.303 e. The van der Waals surface area contributed by atoms with Crippen LogP contribution < -0.4 is 0 Å². The second kappa shape index (κ2) is 3.48. The van der Waals surface area contributed by atoms with Crippen LogP contribution in [0, 0.1) is 11.6 Å². The van der Waals surface area contributed by atoms with Gasteiger partial charge in [-0.2, -0.15) is 0 Å². The highest BCUT2D eigenvalue weighted by atomic mass is 19.1. The molecule has 1 aliphatic rings. The van der Waals surface area contributed by atoms with Crippen LogP contribution in [0.2, 0.25) is 0 Å². The molecule has 74 valence electrons. The number of hydrogen-bond donors (Lipinski definition) is 0. The SMILES string of the molecule is O=CC1CCCc2cc(F)cc(F)c21. The molecule has 1 aromatic rings. The Hall–Kier alpha value is -1.25. The second-order valence-corrected chi connectivity index (χ2v) is 3.60. The van der Waals surface area contributed by atoms with Crippen LogP contribution in [-0.4, -0.2) is 6.29 Å². The van der Waals surface area contributed by atoms with E-state index in [1.807, 2.05) is 0 Å². The van der Waals surface area contributed by atoms with Gasteiger partial charge in [-0.05, 0) is 30.9 Å². The van der Waals surface area contributed by atoms with E-state index in [1.54, 1.807) is 0 Å². The predicted molar refractivity (Wildman–Crippen MR) is 48.1 cm³/mol. The molecule has 0 heterocycles. The maximum Gasteiger partial charge on any atom is 0.130 e. The van der Waals surface area contributed by atoms with E-state index >= 15 is 0 Å². The maximum absolute atomic E-state index is 13.4. The van der Waals surface area contributed by atoms with E-state index in [9.17, 15) is 13.6 Å². The molecular weight excluding hydrogens is 186 g/mol. The van der Waals surface area contributed by atoms with Crippen molar-refractivity contribution in [3.05, 3.63) is 34.9 Å². The van der Waals surface area contributed by atoms with E-state index in [1.165, 1.54) is 6.07 Å². The molecule has 1 unspecified atom stereocenters. The molecule has 0 bridgehead atoms. The van der Waals surface area contributed by atoms with Gasteiger partial charge in [0.1, 0.15) is 17.9 Å². The average Bonchev–Trinajstić information content (AvgIpc) is 2.16. The number of halogens is 2. The number of benzene rings is 1. The van der Waals surface area contributed by atoms with Crippen LogP contribution in [0.15, 0.2) is 12.1 Å². The number of carbonyl (C=O) groups excluding carboxylic acids is 1. The Bertz CT molecular complexity index is 374. The third-order valence-corrected chi connectivity index (χ3v) is 2.68. The summed E-state index contributed by atoms with van der Waals surface area (Å²) >= 11 is 0. The molecule has 0 N–H and O–H groups in total. The molecule has 14 heavy (non-hydrogen) atoms. The molecule has 1 atom stereocenters. The average molecular weight is 196 g/mol. The maximum atomic E-state index is 13.4. The third-order valence-electron chi connectivity index (χ3n) is 2.68. The lowest BCUT2D eigenvalue weighted by Crippen LogP contribution is -2.13. The first kappa shape index (κ1) is 9.31. The van der Waals surface area contributed by atoms with E-state index in [0.717, 1.165) is 18.8 Å². The molecular formula is C11H10F2O. The molecule has 0 saturated heterocycles. The van der Waals surface area contributed by atoms with Crippen LogP contribution in [-0.2, 0) is 11.2 Å². The molecule has 1 nitrogen and oxygen atoms in total. The summed E-state index contributed by atoms with van der Waals surface area (Å²) in [5, 5.41) is 0. The van der Waals surface area contributed by atoms with Gasteiger partial charge in [-0.1, -0.05) is 0 Å². The molecule has 0 aliphatic heterocycles. The summed E-state index contributed by atoms with van der Waals surface area (Å²) in [6.45, 7) is 0. The minimum absolute atomic E-state index is 0.389. The summed E-state index contributed by atoms with van der Waals surface area (Å²) in [4.78, 5) is 10.7. The van der Waals surface area contributed by atoms with E-state index in [0.29, 0.717) is 24.0 Å². The van der Waals surface area contributed by atoms with Gasteiger partial charge in [0.05, 0.1) is 0 Å². The Kier molecular flexibility index (Phi) is 2.32. The van der Waals surface area contributed by atoms with E-state index in [-0.39, 0.29) is 5.92 Å². The monoisotopic (exact) mass is 196 g/mol. The zero-order chi connectivity index (χ0) is 10.1. The second-order valence-electron chi connectivity index (χ2n) is 3.60. The summed E-state index contributed by atoms with van der Waals surface area (Å²) in [5.41, 5.74) is 1.04. The lowest BCUT2D eigenvalue weighted by molar-refractivity contribution is -0.109. The van der Waals surface area contributed by atoms with Crippen molar-refractivity contribution in [3.8, 4) is 0 Å². The van der Waals surface area contributed by atoms with Gasteiger partial charge in [0.25, 0.3) is 0 Å². The fraction of sp³-hybridized carbons (Fsp3) is 0.364. The van der Waals surface area contributed by atoms with Crippen LogP contribution in [0.25, 0.3) is 0 Å². The Morgan fingerprint density at radius 3 is 2.86 bits per heavy atom. The van der Waals surface area contributed by atoms with Gasteiger partial charge in [-0.15, -0.1) is 0 Å². The molecule has 0 radical (unpaired) electrons. The first-order valence-electron chi connectivity index (χ1n) is 4.65. The molecule has 0 aromatic heterocycles. The third kappa shape index (κ3) is 1.43. The zero-order valence-corrected chi connectivity index (χ0v) is 7.59. The van der Waals surface area contributed by atoms with Gasteiger partial charge in [-0.3, -0.25) is 0 Å². The topological polar surface area (TPSA) is 17.1 Å². The summed E-state index contributed by atoms with van der Waals surface area (Å²) in [5.74, 6) is -1.54. The Morgan fingerprint density at radius 1 is 1.36 bits per heavy atom. The summed E-state index contributed by atoms with van der Waals surface area (Å²) < 4.78 is 26.2. The van der Waals surface area contributed by atoms with Gasteiger partial charge in [0.2, 0.25) is 0 Å². The van der Waals surface area contributed by atoms with E-state index in [4.69, 9.17) is 0 Å². The molecule has 0 fully saturated rings. The number of aryl methyl sites for hydroxylation is 1. The standard InChI is InChI=1S/C11H10F2O/c12-9-4-7-2-1-3-8(6-14)11(7)10(13)5-9/h4-6,8H,1-3H2. The number of carbonyl (C=O) groups is 1. The van der Waals surface area contributed by atoms with Gasteiger partial charge in [-0.25, -0.2) is 8.78 Å². The lowest BCUT2D eigenvalue weighted by atomic mass is 9.83. The van der Waals surface area contributed by atoms with Crippen molar-refractivity contribution in [2.75, 3.05) is 0 Å². The van der Waals surface area contributed by atoms with Crippen molar-refractivity contribution in [1.82, 2.24) is 0 Å². The Labute approximate surface area is 80.7 Å². The molecule has 3 heteroatoms. The number of hydrogen-bond acceptors (Lipinski definition) is 1. The van der Waals surface area contributed by atoms with Crippen LogP contribution >= 0.6 is 0 Å². The van der Waals surface area contributed by atoms with Crippen LogP contribution in [0.4, 0.5) is 8.78 Å². The molecule has 2 rings (SSSR count). The minimum atomic E-state index is -0.586.